The molecular formula is C12H13BrO. The molecule has 1 aliphatic heterocycles. The van der Waals surface area contributed by atoms with Crippen molar-refractivity contribution in [1.29, 1.82) is 0 Å². The highest BCUT2D eigenvalue weighted by atomic mass is 79.9. The van der Waals surface area contributed by atoms with Gasteiger partial charge in [0.05, 0.1) is 0 Å². The third-order valence-corrected chi connectivity index (χ3v) is 2.94. The summed E-state index contributed by atoms with van der Waals surface area (Å²) >= 11 is 3.46. The third kappa shape index (κ3) is 2.01. The molecule has 0 bridgehead atoms. The van der Waals surface area contributed by atoms with Gasteiger partial charge in [-0.05, 0) is 30.6 Å². The Labute approximate surface area is 92.9 Å². The maximum atomic E-state index is 5.55. The maximum absolute atomic E-state index is 5.55. The second kappa shape index (κ2) is 4.65. The van der Waals surface area contributed by atoms with Gasteiger partial charge in [-0.2, -0.15) is 0 Å². The predicted molar refractivity (Wildman–Crippen MR) is 62.9 cm³/mol. The lowest BCUT2D eigenvalue weighted by Gasteiger charge is -2.18. The van der Waals surface area contributed by atoms with Gasteiger partial charge in [-0.25, -0.2) is 0 Å². The second-order valence-electron chi connectivity index (χ2n) is 3.33. The smallest absolute Gasteiger partial charge is 0.127 e. The van der Waals surface area contributed by atoms with E-state index in [9.17, 15) is 0 Å². The molecule has 0 aliphatic carbocycles. The van der Waals surface area contributed by atoms with Crippen LogP contribution in [0.2, 0.25) is 0 Å². The van der Waals surface area contributed by atoms with E-state index in [1.807, 2.05) is 12.1 Å². The van der Waals surface area contributed by atoms with Gasteiger partial charge in [0.2, 0.25) is 0 Å². The van der Waals surface area contributed by atoms with Crippen molar-refractivity contribution in [2.24, 2.45) is 0 Å². The van der Waals surface area contributed by atoms with E-state index in [0.717, 1.165) is 17.5 Å². The van der Waals surface area contributed by atoms with Crippen LogP contribution >= 0.6 is 15.9 Å². The first-order valence-electron chi connectivity index (χ1n) is 4.89. The zero-order chi connectivity index (χ0) is 9.80. The fourth-order valence-electron chi connectivity index (χ4n) is 1.69. The number of benzene rings is 1. The third-order valence-electron chi connectivity index (χ3n) is 2.38. The molecule has 2 rings (SSSR count). The van der Waals surface area contributed by atoms with Crippen LogP contribution in [0.25, 0.3) is 5.57 Å². The van der Waals surface area contributed by atoms with E-state index in [-0.39, 0.29) is 0 Å². The molecule has 14 heavy (non-hydrogen) atoms. The first-order valence-corrected chi connectivity index (χ1v) is 6.01. The fraction of sp³-hybridized carbons (Fsp3) is 0.333. The van der Waals surface area contributed by atoms with Crippen LogP contribution in [-0.2, 0) is 0 Å². The number of fused-ring (bicyclic) bond motifs is 1. The molecule has 0 amide bonds. The number of alkyl halides is 1. The van der Waals surface area contributed by atoms with Crippen molar-refractivity contribution in [1.82, 2.24) is 0 Å². The minimum absolute atomic E-state index is 0.717. The van der Waals surface area contributed by atoms with Crippen LogP contribution in [0.5, 0.6) is 5.75 Å². The number of allylic oxidation sites excluding steroid dienone is 1. The maximum Gasteiger partial charge on any atom is 0.127 e. The molecule has 0 aromatic heterocycles. The number of para-hydroxylation sites is 1. The molecule has 74 valence electrons. The SMILES string of the molecule is BrCCCC1=CCOc2ccccc21. The van der Waals surface area contributed by atoms with E-state index in [2.05, 4.69) is 34.1 Å². The minimum Gasteiger partial charge on any atom is -0.489 e. The number of hydrogen-bond acceptors (Lipinski definition) is 1. The van der Waals surface area contributed by atoms with Crippen molar-refractivity contribution < 1.29 is 4.74 Å². The van der Waals surface area contributed by atoms with Crippen LogP contribution in [-0.4, -0.2) is 11.9 Å². The van der Waals surface area contributed by atoms with Gasteiger partial charge in [0.15, 0.2) is 0 Å². The summed E-state index contributed by atoms with van der Waals surface area (Å²) in [6, 6.07) is 8.26. The molecule has 1 heterocycles. The summed E-state index contributed by atoms with van der Waals surface area (Å²) in [6.07, 6.45) is 4.50. The predicted octanol–water partition coefficient (Wildman–Crippen LogP) is 3.64. The molecule has 2 heteroatoms. The molecule has 0 saturated heterocycles. The lowest BCUT2D eigenvalue weighted by molar-refractivity contribution is 0.356. The van der Waals surface area contributed by atoms with Crippen molar-refractivity contribution in [2.45, 2.75) is 12.8 Å². The molecule has 0 saturated carbocycles. The normalized spacial score (nSPS) is 14.2. The number of hydrogen-bond donors (Lipinski definition) is 0. The van der Waals surface area contributed by atoms with Crippen LogP contribution in [0.4, 0.5) is 0 Å². The van der Waals surface area contributed by atoms with Gasteiger partial charge in [-0.3, -0.25) is 0 Å². The lowest BCUT2D eigenvalue weighted by Crippen LogP contribution is -2.04. The van der Waals surface area contributed by atoms with E-state index in [4.69, 9.17) is 4.74 Å². The molecule has 0 radical (unpaired) electrons. The highest BCUT2D eigenvalue weighted by Crippen LogP contribution is 2.31. The Balaban J connectivity index is 2.22. The Hall–Kier alpha value is -0.760. The Morgan fingerprint density at radius 3 is 3.00 bits per heavy atom. The van der Waals surface area contributed by atoms with Gasteiger partial charge in [0.25, 0.3) is 0 Å². The first-order chi connectivity index (χ1) is 6.92. The van der Waals surface area contributed by atoms with Gasteiger partial charge >= 0.3 is 0 Å². The van der Waals surface area contributed by atoms with Crippen LogP contribution < -0.4 is 4.74 Å². The average Bonchev–Trinajstić information content (AvgIpc) is 2.26. The Morgan fingerprint density at radius 1 is 1.29 bits per heavy atom. The quantitative estimate of drug-likeness (QED) is 0.747. The van der Waals surface area contributed by atoms with Crippen molar-refractivity contribution in [3.8, 4) is 5.75 Å². The van der Waals surface area contributed by atoms with Gasteiger partial charge in [-0.15, -0.1) is 0 Å². The topological polar surface area (TPSA) is 9.23 Å². The standard InChI is InChI=1S/C12H13BrO/c13-8-3-4-10-7-9-14-12-6-2-1-5-11(10)12/h1-2,5-7H,3-4,8-9H2. The summed E-state index contributed by atoms with van der Waals surface area (Å²) < 4.78 is 5.55. The number of ether oxygens (including phenoxy) is 1. The first kappa shape index (κ1) is 9.78. The molecule has 1 aromatic carbocycles. The van der Waals surface area contributed by atoms with E-state index in [1.165, 1.54) is 17.6 Å². The summed E-state index contributed by atoms with van der Waals surface area (Å²) in [6.45, 7) is 0.717. The van der Waals surface area contributed by atoms with E-state index in [0.29, 0.717) is 6.61 Å². The summed E-state index contributed by atoms with van der Waals surface area (Å²) in [5, 5.41) is 1.06. The van der Waals surface area contributed by atoms with E-state index >= 15 is 0 Å². The van der Waals surface area contributed by atoms with Gasteiger partial charge in [-0.1, -0.05) is 34.1 Å². The van der Waals surface area contributed by atoms with E-state index in [1.54, 1.807) is 0 Å². The molecule has 0 spiro atoms. The zero-order valence-electron chi connectivity index (χ0n) is 8.00. The summed E-state index contributed by atoms with van der Waals surface area (Å²) in [5.41, 5.74) is 2.69. The lowest BCUT2D eigenvalue weighted by atomic mass is 9.99. The van der Waals surface area contributed by atoms with Crippen LogP contribution in [0.1, 0.15) is 18.4 Å². The molecule has 1 aliphatic rings. The van der Waals surface area contributed by atoms with E-state index < -0.39 is 0 Å². The van der Waals surface area contributed by atoms with Gasteiger partial charge in [0, 0.05) is 10.9 Å². The number of rotatable bonds is 3. The summed E-state index contributed by atoms with van der Waals surface area (Å²) in [4.78, 5) is 0. The highest BCUT2D eigenvalue weighted by molar-refractivity contribution is 9.09. The number of halogens is 1. The molecular weight excluding hydrogens is 240 g/mol. The molecule has 1 aromatic rings. The van der Waals surface area contributed by atoms with Crippen molar-refractivity contribution in [3.05, 3.63) is 35.9 Å². The Morgan fingerprint density at radius 2 is 2.14 bits per heavy atom. The van der Waals surface area contributed by atoms with Crippen LogP contribution in [0.3, 0.4) is 0 Å². The van der Waals surface area contributed by atoms with Crippen molar-refractivity contribution in [2.75, 3.05) is 11.9 Å². The van der Waals surface area contributed by atoms with Crippen LogP contribution in [0.15, 0.2) is 30.3 Å². The van der Waals surface area contributed by atoms with Gasteiger partial charge < -0.3 is 4.74 Å². The van der Waals surface area contributed by atoms with Gasteiger partial charge in [0.1, 0.15) is 12.4 Å². The average molecular weight is 253 g/mol. The zero-order valence-corrected chi connectivity index (χ0v) is 9.59. The van der Waals surface area contributed by atoms with Crippen molar-refractivity contribution >= 4 is 21.5 Å². The van der Waals surface area contributed by atoms with Crippen LogP contribution in [0, 0.1) is 0 Å². The monoisotopic (exact) mass is 252 g/mol. The highest BCUT2D eigenvalue weighted by Gasteiger charge is 2.11. The minimum atomic E-state index is 0.717. The molecule has 0 unspecified atom stereocenters. The fourth-order valence-corrected chi connectivity index (χ4v) is 1.97. The Kier molecular flexibility index (Phi) is 3.25. The Bertz CT molecular complexity index is 344. The largest absolute Gasteiger partial charge is 0.489 e. The molecule has 0 fully saturated rings. The molecule has 0 atom stereocenters. The summed E-state index contributed by atoms with van der Waals surface area (Å²) in [7, 11) is 0. The molecule has 0 N–H and O–H groups in total. The summed E-state index contributed by atoms with van der Waals surface area (Å²) in [5.74, 6) is 1.03. The molecule has 1 nitrogen and oxygen atoms in total. The second-order valence-corrected chi connectivity index (χ2v) is 4.12. The van der Waals surface area contributed by atoms with Crippen molar-refractivity contribution in [3.63, 3.8) is 0 Å².